The highest BCUT2D eigenvalue weighted by Crippen LogP contribution is 2.24. The van der Waals surface area contributed by atoms with E-state index < -0.39 is 12.1 Å². The Hall–Kier alpha value is -2.15. The SMILES string of the molecule is CCCC(NC(=O)NCc1ccc(F)cc1)C(=O)NC1CCCC1CN. The Morgan fingerprint density at radius 2 is 2.00 bits per heavy atom. The molecule has 1 aliphatic rings. The van der Waals surface area contributed by atoms with Gasteiger partial charge in [0.15, 0.2) is 0 Å². The summed E-state index contributed by atoms with van der Waals surface area (Å²) in [6, 6.07) is 5.01. The molecule has 5 N–H and O–H groups in total. The van der Waals surface area contributed by atoms with Crippen LogP contribution in [-0.4, -0.2) is 30.6 Å². The van der Waals surface area contributed by atoms with Crippen molar-refractivity contribution in [1.82, 2.24) is 16.0 Å². The maximum Gasteiger partial charge on any atom is 0.315 e. The number of carbonyl (C=O) groups is 2. The van der Waals surface area contributed by atoms with Crippen LogP contribution in [0.3, 0.4) is 0 Å². The summed E-state index contributed by atoms with van der Waals surface area (Å²) < 4.78 is 12.9. The quantitative estimate of drug-likeness (QED) is 0.568. The second-order valence-corrected chi connectivity index (χ2v) is 6.84. The molecule has 2 rings (SSSR count). The Balaban J connectivity index is 1.84. The first-order chi connectivity index (χ1) is 12.5. The highest BCUT2D eigenvalue weighted by Gasteiger charge is 2.30. The van der Waals surface area contributed by atoms with Crippen LogP contribution in [0.1, 0.15) is 44.6 Å². The molecule has 0 aliphatic heterocycles. The van der Waals surface area contributed by atoms with Gasteiger partial charge in [0.2, 0.25) is 5.91 Å². The molecule has 1 fully saturated rings. The van der Waals surface area contributed by atoms with Crippen LogP contribution in [0.15, 0.2) is 24.3 Å². The van der Waals surface area contributed by atoms with Crippen molar-refractivity contribution in [2.45, 2.75) is 57.7 Å². The molecule has 144 valence electrons. The summed E-state index contributed by atoms with van der Waals surface area (Å²) in [7, 11) is 0. The Morgan fingerprint density at radius 3 is 2.65 bits per heavy atom. The number of nitrogens with one attached hydrogen (secondary N) is 3. The van der Waals surface area contributed by atoms with Crippen LogP contribution in [0.4, 0.5) is 9.18 Å². The van der Waals surface area contributed by atoms with E-state index in [1.165, 1.54) is 12.1 Å². The van der Waals surface area contributed by atoms with Gasteiger partial charge in [0.05, 0.1) is 0 Å². The van der Waals surface area contributed by atoms with Crippen molar-refractivity contribution in [2.24, 2.45) is 11.7 Å². The van der Waals surface area contributed by atoms with E-state index in [1.807, 2.05) is 6.92 Å². The second kappa shape index (κ2) is 10.1. The summed E-state index contributed by atoms with van der Waals surface area (Å²) in [5.74, 6) is -0.164. The monoisotopic (exact) mass is 364 g/mol. The Kier molecular flexibility index (Phi) is 7.84. The molecule has 3 unspecified atom stereocenters. The van der Waals surface area contributed by atoms with Gasteiger partial charge in [0.1, 0.15) is 11.9 Å². The van der Waals surface area contributed by atoms with Gasteiger partial charge < -0.3 is 21.7 Å². The van der Waals surface area contributed by atoms with Crippen molar-refractivity contribution in [2.75, 3.05) is 6.54 Å². The van der Waals surface area contributed by atoms with E-state index in [1.54, 1.807) is 12.1 Å². The maximum atomic E-state index is 12.9. The average molecular weight is 364 g/mol. The predicted octanol–water partition coefficient (Wildman–Crippen LogP) is 2.04. The molecule has 1 aromatic carbocycles. The summed E-state index contributed by atoms with van der Waals surface area (Å²) in [6.07, 6.45) is 4.38. The second-order valence-electron chi connectivity index (χ2n) is 6.84. The third-order valence-electron chi connectivity index (χ3n) is 4.85. The number of hydrogen-bond acceptors (Lipinski definition) is 3. The zero-order valence-electron chi connectivity index (χ0n) is 15.3. The van der Waals surface area contributed by atoms with Crippen molar-refractivity contribution in [3.63, 3.8) is 0 Å². The number of halogens is 1. The largest absolute Gasteiger partial charge is 0.351 e. The van der Waals surface area contributed by atoms with E-state index in [4.69, 9.17) is 5.73 Å². The first-order valence-electron chi connectivity index (χ1n) is 9.32. The summed E-state index contributed by atoms with van der Waals surface area (Å²) in [6.45, 7) is 2.80. The lowest BCUT2D eigenvalue weighted by Crippen LogP contribution is -2.52. The van der Waals surface area contributed by atoms with Crippen LogP contribution in [0, 0.1) is 11.7 Å². The van der Waals surface area contributed by atoms with Crippen molar-refractivity contribution >= 4 is 11.9 Å². The number of amides is 3. The van der Waals surface area contributed by atoms with Gasteiger partial charge in [-0.15, -0.1) is 0 Å². The molecule has 1 aliphatic carbocycles. The number of hydrogen-bond donors (Lipinski definition) is 4. The van der Waals surface area contributed by atoms with Gasteiger partial charge >= 0.3 is 6.03 Å². The standard InChI is InChI=1S/C19H29FN4O2/c1-2-4-17(18(25)23-16-6-3-5-14(16)11-21)24-19(26)22-12-13-7-9-15(20)10-8-13/h7-10,14,16-17H,2-6,11-12,21H2,1H3,(H,23,25)(H2,22,24,26). The van der Waals surface area contributed by atoms with Crippen LogP contribution in [0.2, 0.25) is 0 Å². The van der Waals surface area contributed by atoms with Gasteiger partial charge in [0, 0.05) is 12.6 Å². The van der Waals surface area contributed by atoms with E-state index in [0.717, 1.165) is 31.2 Å². The lowest BCUT2D eigenvalue weighted by molar-refractivity contribution is -0.124. The molecule has 0 bridgehead atoms. The van der Waals surface area contributed by atoms with E-state index in [9.17, 15) is 14.0 Å². The predicted molar refractivity (Wildman–Crippen MR) is 98.8 cm³/mol. The normalized spacial score (nSPS) is 20.4. The molecule has 1 saturated carbocycles. The van der Waals surface area contributed by atoms with Crippen molar-refractivity contribution < 1.29 is 14.0 Å². The molecule has 0 radical (unpaired) electrons. The molecule has 6 nitrogen and oxygen atoms in total. The van der Waals surface area contributed by atoms with Gasteiger partial charge in [-0.05, 0) is 49.4 Å². The average Bonchev–Trinajstić information content (AvgIpc) is 3.08. The van der Waals surface area contributed by atoms with Crippen LogP contribution >= 0.6 is 0 Å². The number of carbonyl (C=O) groups excluding carboxylic acids is 2. The Morgan fingerprint density at radius 1 is 1.27 bits per heavy atom. The lowest BCUT2D eigenvalue weighted by atomic mass is 10.0. The number of benzene rings is 1. The molecule has 3 atom stereocenters. The summed E-state index contributed by atoms with van der Waals surface area (Å²) in [4.78, 5) is 24.7. The molecule has 0 saturated heterocycles. The number of nitrogens with two attached hydrogens (primary N) is 1. The number of rotatable bonds is 8. The minimum atomic E-state index is -0.577. The van der Waals surface area contributed by atoms with E-state index in [0.29, 0.717) is 18.9 Å². The molecule has 0 aromatic heterocycles. The van der Waals surface area contributed by atoms with Gasteiger partial charge in [-0.3, -0.25) is 4.79 Å². The van der Waals surface area contributed by atoms with E-state index in [-0.39, 0.29) is 24.3 Å². The molecular formula is C19H29FN4O2. The molecule has 26 heavy (non-hydrogen) atoms. The third-order valence-corrected chi connectivity index (χ3v) is 4.85. The minimum Gasteiger partial charge on any atom is -0.351 e. The number of urea groups is 1. The minimum absolute atomic E-state index is 0.0935. The van der Waals surface area contributed by atoms with Crippen LogP contribution in [0.25, 0.3) is 0 Å². The van der Waals surface area contributed by atoms with Crippen LogP contribution < -0.4 is 21.7 Å². The first kappa shape index (κ1) is 20.2. The first-order valence-corrected chi connectivity index (χ1v) is 9.32. The zero-order chi connectivity index (χ0) is 18.9. The van der Waals surface area contributed by atoms with E-state index in [2.05, 4.69) is 16.0 Å². The molecule has 3 amide bonds. The van der Waals surface area contributed by atoms with E-state index >= 15 is 0 Å². The summed E-state index contributed by atoms with van der Waals surface area (Å²) in [5, 5.41) is 8.49. The van der Waals surface area contributed by atoms with Crippen LogP contribution in [-0.2, 0) is 11.3 Å². The highest BCUT2D eigenvalue weighted by molar-refractivity contribution is 5.87. The van der Waals surface area contributed by atoms with Gasteiger partial charge in [-0.25, -0.2) is 9.18 Å². The molecular weight excluding hydrogens is 335 g/mol. The smallest absolute Gasteiger partial charge is 0.315 e. The summed E-state index contributed by atoms with van der Waals surface area (Å²) >= 11 is 0. The fourth-order valence-electron chi connectivity index (χ4n) is 3.34. The molecule has 7 heteroatoms. The Bertz CT molecular complexity index is 594. The Labute approximate surface area is 154 Å². The molecule has 0 spiro atoms. The maximum absolute atomic E-state index is 12.9. The van der Waals surface area contributed by atoms with Crippen LogP contribution in [0.5, 0.6) is 0 Å². The fourth-order valence-corrected chi connectivity index (χ4v) is 3.34. The molecule has 0 heterocycles. The van der Waals surface area contributed by atoms with Gasteiger partial charge in [0.25, 0.3) is 0 Å². The third kappa shape index (κ3) is 5.98. The fraction of sp³-hybridized carbons (Fsp3) is 0.579. The lowest BCUT2D eigenvalue weighted by Gasteiger charge is -2.24. The van der Waals surface area contributed by atoms with Crippen molar-refractivity contribution in [1.29, 1.82) is 0 Å². The van der Waals surface area contributed by atoms with Gasteiger partial charge in [-0.1, -0.05) is 31.9 Å². The molecule has 1 aromatic rings. The topological polar surface area (TPSA) is 96.2 Å². The van der Waals surface area contributed by atoms with Crippen molar-refractivity contribution in [3.8, 4) is 0 Å². The highest BCUT2D eigenvalue weighted by atomic mass is 19.1. The van der Waals surface area contributed by atoms with Crippen molar-refractivity contribution in [3.05, 3.63) is 35.6 Å². The van der Waals surface area contributed by atoms with Gasteiger partial charge in [-0.2, -0.15) is 0 Å². The summed E-state index contributed by atoms with van der Waals surface area (Å²) in [5.41, 5.74) is 6.55. The zero-order valence-corrected chi connectivity index (χ0v) is 15.3.